The zero-order valence-electron chi connectivity index (χ0n) is 12.3. The molecule has 0 unspecified atom stereocenters. The summed E-state index contributed by atoms with van der Waals surface area (Å²) in [6.07, 6.45) is 1.89. The fourth-order valence-corrected chi connectivity index (χ4v) is 3.01. The molecule has 1 heterocycles. The first kappa shape index (κ1) is 14.2. The monoisotopic (exact) mass is 296 g/mol. The summed E-state index contributed by atoms with van der Waals surface area (Å²) in [5, 5.41) is 9.46. The summed E-state index contributed by atoms with van der Waals surface area (Å²) in [4.78, 5) is 12.4. The van der Waals surface area contributed by atoms with E-state index in [-0.39, 0.29) is 17.2 Å². The summed E-state index contributed by atoms with van der Waals surface area (Å²) in [6.45, 7) is 0. The molecule has 0 spiro atoms. The molecule has 1 atom stereocenters. The van der Waals surface area contributed by atoms with Gasteiger partial charge in [-0.15, -0.1) is 0 Å². The normalized spacial score (nSPS) is 21.1. The zero-order valence-corrected chi connectivity index (χ0v) is 12.3. The Morgan fingerprint density at radius 3 is 2.95 bits per heavy atom. The number of nitrogens with zero attached hydrogens (tertiary/aromatic N) is 1. The number of ketones is 1. The lowest BCUT2D eigenvalue weighted by molar-refractivity contribution is -0.116. The van der Waals surface area contributed by atoms with Gasteiger partial charge in [0.15, 0.2) is 5.78 Å². The van der Waals surface area contributed by atoms with Crippen LogP contribution in [-0.2, 0) is 9.53 Å². The molecule has 0 saturated heterocycles. The van der Waals surface area contributed by atoms with Crippen molar-refractivity contribution in [2.45, 2.75) is 25.2 Å². The van der Waals surface area contributed by atoms with Crippen LogP contribution in [0.3, 0.4) is 0 Å². The Morgan fingerprint density at radius 1 is 1.41 bits per heavy atom. The van der Waals surface area contributed by atoms with Crippen molar-refractivity contribution >= 4 is 5.78 Å². The number of nitrogens with two attached hydrogens (primary N) is 1. The molecule has 5 heteroatoms. The summed E-state index contributed by atoms with van der Waals surface area (Å²) in [5.74, 6) is 0.903. The van der Waals surface area contributed by atoms with Gasteiger partial charge in [-0.1, -0.05) is 12.1 Å². The highest BCUT2D eigenvalue weighted by molar-refractivity contribution is 5.99. The Balaban J connectivity index is 2.18. The van der Waals surface area contributed by atoms with Gasteiger partial charge >= 0.3 is 0 Å². The number of carbonyl (C=O) groups is 1. The highest BCUT2D eigenvalue weighted by Gasteiger charge is 2.37. The third kappa shape index (κ3) is 2.23. The van der Waals surface area contributed by atoms with Gasteiger partial charge < -0.3 is 15.2 Å². The molecule has 5 nitrogen and oxygen atoms in total. The number of carbonyl (C=O) groups excluding carboxylic acids is 1. The molecule has 0 saturated carbocycles. The number of benzene rings is 1. The molecule has 0 amide bonds. The molecule has 0 aromatic heterocycles. The largest absolute Gasteiger partial charge is 0.497 e. The molecule has 2 N–H and O–H groups in total. The molecule has 1 aromatic rings. The second kappa shape index (κ2) is 5.57. The fourth-order valence-electron chi connectivity index (χ4n) is 3.01. The minimum atomic E-state index is -0.475. The topological polar surface area (TPSA) is 85.3 Å². The highest BCUT2D eigenvalue weighted by Crippen LogP contribution is 2.43. The number of allylic oxidation sites excluding steroid dienone is 3. The fraction of sp³-hybridized carbons (Fsp3) is 0.294. The lowest BCUT2D eigenvalue weighted by atomic mass is 9.77. The van der Waals surface area contributed by atoms with Crippen molar-refractivity contribution in [2.24, 2.45) is 5.73 Å². The molecule has 3 rings (SSSR count). The third-order valence-electron chi connectivity index (χ3n) is 4.03. The third-order valence-corrected chi connectivity index (χ3v) is 4.03. The molecule has 1 aliphatic carbocycles. The predicted octanol–water partition coefficient (Wildman–Crippen LogP) is 2.51. The summed E-state index contributed by atoms with van der Waals surface area (Å²) in [7, 11) is 1.58. The minimum Gasteiger partial charge on any atom is -0.497 e. The van der Waals surface area contributed by atoms with Crippen LogP contribution in [0, 0.1) is 11.3 Å². The Bertz CT molecular complexity index is 741. The molecular weight excluding hydrogens is 280 g/mol. The number of ether oxygens (including phenoxy) is 2. The number of hydrogen-bond donors (Lipinski definition) is 1. The first-order valence-electron chi connectivity index (χ1n) is 7.13. The van der Waals surface area contributed by atoms with Crippen LogP contribution in [0.1, 0.15) is 30.7 Å². The van der Waals surface area contributed by atoms with Crippen LogP contribution < -0.4 is 10.5 Å². The van der Waals surface area contributed by atoms with Crippen molar-refractivity contribution in [1.82, 2.24) is 0 Å². The number of nitriles is 1. The van der Waals surface area contributed by atoms with E-state index in [1.165, 1.54) is 0 Å². The maximum absolute atomic E-state index is 12.4. The zero-order chi connectivity index (χ0) is 15.7. The van der Waals surface area contributed by atoms with E-state index >= 15 is 0 Å². The molecular formula is C17H16N2O3. The van der Waals surface area contributed by atoms with Crippen molar-refractivity contribution in [3.63, 3.8) is 0 Å². The average molecular weight is 296 g/mol. The molecule has 1 aromatic carbocycles. The molecule has 2 aliphatic rings. The van der Waals surface area contributed by atoms with Gasteiger partial charge in [0.05, 0.1) is 13.0 Å². The van der Waals surface area contributed by atoms with Gasteiger partial charge in [-0.05, 0) is 24.1 Å². The van der Waals surface area contributed by atoms with Gasteiger partial charge in [-0.25, -0.2) is 0 Å². The van der Waals surface area contributed by atoms with Crippen molar-refractivity contribution in [1.29, 1.82) is 5.26 Å². The van der Waals surface area contributed by atoms with Gasteiger partial charge in [0.1, 0.15) is 23.2 Å². The van der Waals surface area contributed by atoms with Crippen molar-refractivity contribution < 1.29 is 14.3 Å². The first-order valence-corrected chi connectivity index (χ1v) is 7.13. The molecule has 1 aliphatic heterocycles. The van der Waals surface area contributed by atoms with E-state index < -0.39 is 5.92 Å². The Kier molecular flexibility index (Phi) is 3.60. The summed E-state index contributed by atoms with van der Waals surface area (Å²) in [5.41, 5.74) is 7.55. The number of rotatable bonds is 2. The van der Waals surface area contributed by atoms with E-state index in [1.54, 1.807) is 7.11 Å². The maximum Gasteiger partial charge on any atom is 0.205 e. The van der Waals surface area contributed by atoms with Crippen LogP contribution in [0.4, 0.5) is 0 Å². The average Bonchev–Trinajstić information content (AvgIpc) is 2.54. The van der Waals surface area contributed by atoms with Gasteiger partial charge in [0.25, 0.3) is 0 Å². The van der Waals surface area contributed by atoms with Gasteiger partial charge in [0, 0.05) is 18.4 Å². The highest BCUT2D eigenvalue weighted by atomic mass is 16.5. The quantitative estimate of drug-likeness (QED) is 0.906. The SMILES string of the molecule is COc1cccc([C@H]2C(C#N)=C(N)OC3=C2C(=O)CCC3)c1. The van der Waals surface area contributed by atoms with Crippen LogP contribution in [0.15, 0.2) is 47.1 Å². The van der Waals surface area contributed by atoms with Crippen molar-refractivity contribution in [3.05, 3.63) is 52.6 Å². The van der Waals surface area contributed by atoms with Crippen LogP contribution in [0.5, 0.6) is 5.75 Å². The summed E-state index contributed by atoms with van der Waals surface area (Å²) < 4.78 is 10.8. The Morgan fingerprint density at radius 2 is 2.23 bits per heavy atom. The predicted molar refractivity (Wildman–Crippen MR) is 79.5 cm³/mol. The van der Waals surface area contributed by atoms with E-state index in [0.29, 0.717) is 29.9 Å². The van der Waals surface area contributed by atoms with Gasteiger partial charge in [-0.3, -0.25) is 4.79 Å². The molecule has 0 radical (unpaired) electrons. The number of Topliss-reactive ketones (excluding diaryl/α,β-unsaturated/α-hetero) is 1. The number of hydrogen-bond acceptors (Lipinski definition) is 5. The van der Waals surface area contributed by atoms with Gasteiger partial charge in [-0.2, -0.15) is 5.26 Å². The second-order valence-corrected chi connectivity index (χ2v) is 5.31. The standard InChI is InChI=1S/C17H16N2O3/c1-21-11-5-2-4-10(8-11)15-12(9-18)17(19)22-14-7-3-6-13(20)16(14)15/h2,4-5,8,15H,3,6-7,19H2,1H3/t15-/m0/s1. The van der Waals surface area contributed by atoms with Crippen LogP contribution >= 0.6 is 0 Å². The molecule has 22 heavy (non-hydrogen) atoms. The number of methoxy groups -OCH3 is 1. The van der Waals surface area contributed by atoms with Crippen LogP contribution in [0.25, 0.3) is 0 Å². The van der Waals surface area contributed by atoms with Crippen molar-refractivity contribution in [2.75, 3.05) is 7.11 Å². The van der Waals surface area contributed by atoms with E-state index in [0.717, 1.165) is 12.0 Å². The Labute approximate surface area is 128 Å². The van der Waals surface area contributed by atoms with E-state index in [2.05, 4.69) is 6.07 Å². The van der Waals surface area contributed by atoms with Gasteiger partial charge in [0.2, 0.25) is 5.88 Å². The van der Waals surface area contributed by atoms with Crippen molar-refractivity contribution in [3.8, 4) is 11.8 Å². The smallest absolute Gasteiger partial charge is 0.205 e. The maximum atomic E-state index is 12.4. The van der Waals surface area contributed by atoms with E-state index in [4.69, 9.17) is 15.2 Å². The second-order valence-electron chi connectivity index (χ2n) is 5.31. The Hall–Kier alpha value is -2.74. The molecule has 0 fully saturated rings. The van der Waals surface area contributed by atoms with Crippen LogP contribution in [-0.4, -0.2) is 12.9 Å². The van der Waals surface area contributed by atoms with E-state index in [9.17, 15) is 10.1 Å². The van der Waals surface area contributed by atoms with Crippen LogP contribution in [0.2, 0.25) is 0 Å². The summed E-state index contributed by atoms with van der Waals surface area (Å²) >= 11 is 0. The lowest BCUT2D eigenvalue weighted by Crippen LogP contribution is -2.27. The summed E-state index contributed by atoms with van der Waals surface area (Å²) in [6, 6.07) is 9.45. The molecule has 0 bridgehead atoms. The van der Waals surface area contributed by atoms with E-state index in [1.807, 2.05) is 24.3 Å². The minimum absolute atomic E-state index is 0.0225. The first-order chi connectivity index (χ1) is 10.7. The lowest BCUT2D eigenvalue weighted by Gasteiger charge is -2.31. The molecule has 112 valence electrons.